The van der Waals surface area contributed by atoms with E-state index in [0.29, 0.717) is 5.56 Å². The first-order valence-corrected chi connectivity index (χ1v) is 6.95. The number of ether oxygens (including phenoxy) is 2. The molecule has 2 rings (SSSR count). The van der Waals surface area contributed by atoms with Gasteiger partial charge in [-0.05, 0) is 25.5 Å². The second kappa shape index (κ2) is 5.55. The van der Waals surface area contributed by atoms with Crippen molar-refractivity contribution in [2.75, 3.05) is 0 Å². The molecular formula is C14H18BClO3. The molecule has 4 atom stereocenters. The minimum atomic E-state index is -0.689. The Labute approximate surface area is 119 Å². The number of carbonyl (C=O) groups excluding carboxylic acids is 1. The molecule has 102 valence electrons. The highest BCUT2D eigenvalue weighted by atomic mass is 35.5. The van der Waals surface area contributed by atoms with Crippen LogP contribution < -0.4 is 0 Å². The van der Waals surface area contributed by atoms with Crippen molar-refractivity contribution in [1.29, 1.82) is 0 Å². The van der Waals surface area contributed by atoms with Gasteiger partial charge in [0.15, 0.2) is 0 Å². The molecule has 1 aliphatic rings. The molecule has 0 aromatic heterocycles. The summed E-state index contributed by atoms with van der Waals surface area (Å²) in [6, 6.07) is 8.79. The summed E-state index contributed by atoms with van der Waals surface area (Å²) in [7, 11) is 1.91. The van der Waals surface area contributed by atoms with E-state index >= 15 is 0 Å². The van der Waals surface area contributed by atoms with Crippen molar-refractivity contribution in [2.24, 2.45) is 0 Å². The highest BCUT2D eigenvalue weighted by molar-refractivity contribution is 6.30. The molecule has 1 saturated heterocycles. The first-order valence-electron chi connectivity index (χ1n) is 6.57. The standard InChI is InChI=1S/C14H18BClO3/c1-3-10-11(14(2,16)13(15)18-10)19-12(17)9-7-5-4-6-8-9/h4-8,10-11,13H,3,15H2,1-2H3/t10-,11-,13-,14-/m1/s1. The predicted molar refractivity (Wildman–Crippen MR) is 77.4 cm³/mol. The maximum absolute atomic E-state index is 12.1. The Balaban J connectivity index is 2.15. The van der Waals surface area contributed by atoms with Crippen molar-refractivity contribution in [3.8, 4) is 0 Å². The molecule has 0 N–H and O–H groups in total. The van der Waals surface area contributed by atoms with Gasteiger partial charge in [0.2, 0.25) is 0 Å². The van der Waals surface area contributed by atoms with E-state index in [4.69, 9.17) is 21.1 Å². The molecule has 19 heavy (non-hydrogen) atoms. The Bertz CT molecular complexity index is 449. The fraction of sp³-hybridized carbons (Fsp3) is 0.500. The van der Waals surface area contributed by atoms with Crippen LogP contribution in [0.25, 0.3) is 0 Å². The zero-order valence-corrected chi connectivity index (χ0v) is 12.2. The first kappa shape index (κ1) is 14.4. The summed E-state index contributed by atoms with van der Waals surface area (Å²) in [6.07, 6.45) is 0.186. The average molecular weight is 281 g/mol. The van der Waals surface area contributed by atoms with E-state index in [1.165, 1.54) is 0 Å². The molecule has 0 saturated carbocycles. The van der Waals surface area contributed by atoms with Gasteiger partial charge in [-0.3, -0.25) is 0 Å². The second-order valence-corrected chi connectivity index (χ2v) is 5.88. The monoisotopic (exact) mass is 280 g/mol. The predicted octanol–water partition coefficient (Wildman–Crippen LogP) is 1.98. The maximum atomic E-state index is 12.1. The number of hydrogen-bond donors (Lipinski definition) is 0. The molecule has 0 spiro atoms. The topological polar surface area (TPSA) is 35.5 Å². The van der Waals surface area contributed by atoms with Crippen LogP contribution in [0.5, 0.6) is 0 Å². The number of carbonyl (C=O) groups is 1. The lowest BCUT2D eigenvalue weighted by Crippen LogP contribution is -2.43. The minimum Gasteiger partial charge on any atom is -0.454 e. The van der Waals surface area contributed by atoms with Gasteiger partial charge >= 0.3 is 5.97 Å². The van der Waals surface area contributed by atoms with Crippen LogP contribution in [0.4, 0.5) is 0 Å². The molecule has 5 heteroatoms. The molecule has 0 radical (unpaired) electrons. The molecule has 1 aromatic carbocycles. The molecule has 1 aromatic rings. The van der Waals surface area contributed by atoms with Crippen LogP contribution >= 0.6 is 11.6 Å². The lowest BCUT2D eigenvalue weighted by molar-refractivity contribution is -0.00556. The summed E-state index contributed by atoms with van der Waals surface area (Å²) in [5.41, 5.74) is 0.532. The number of rotatable bonds is 3. The largest absolute Gasteiger partial charge is 0.454 e. The number of benzene rings is 1. The number of esters is 1. The van der Waals surface area contributed by atoms with E-state index in [1.807, 2.05) is 39.9 Å². The molecule has 1 fully saturated rings. The summed E-state index contributed by atoms with van der Waals surface area (Å²) < 4.78 is 11.4. The fourth-order valence-corrected chi connectivity index (χ4v) is 2.56. The molecule has 3 nitrogen and oxygen atoms in total. The van der Waals surface area contributed by atoms with Crippen molar-refractivity contribution < 1.29 is 14.3 Å². The van der Waals surface area contributed by atoms with Crippen LogP contribution in [0.3, 0.4) is 0 Å². The van der Waals surface area contributed by atoms with Gasteiger partial charge < -0.3 is 9.47 Å². The van der Waals surface area contributed by atoms with Gasteiger partial charge in [-0.25, -0.2) is 4.79 Å². The molecule has 1 heterocycles. The highest BCUT2D eigenvalue weighted by Crippen LogP contribution is 2.38. The number of halogens is 1. The van der Waals surface area contributed by atoms with Crippen LogP contribution in [0, 0.1) is 0 Å². The fourth-order valence-electron chi connectivity index (χ4n) is 2.32. The van der Waals surface area contributed by atoms with Gasteiger partial charge in [0.1, 0.15) is 14.0 Å². The molecule has 0 unspecified atom stereocenters. The lowest BCUT2D eigenvalue weighted by Gasteiger charge is -2.27. The normalized spacial score (nSPS) is 34.2. The number of alkyl halides is 1. The maximum Gasteiger partial charge on any atom is 0.338 e. The van der Waals surface area contributed by atoms with Crippen LogP contribution in [-0.2, 0) is 9.47 Å². The summed E-state index contributed by atoms with van der Waals surface area (Å²) in [4.78, 5) is 11.4. The summed E-state index contributed by atoms with van der Waals surface area (Å²) in [6.45, 7) is 3.86. The Kier molecular flexibility index (Phi) is 4.21. The summed E-state index contributed by atoms with van der Waals surface area (Å²) in [5.74, 6) is -0.353. The Morgan fingerprint density at radius 1 is 1.47 bits per heavy atom. The van der Waals surface area contributed by atoms with Crippen LogP contribution in [0.1, 0.15) is 30.6 Å². The third kappa shape index (κ3) is 2.80. The van der Waals surface area contributed by atoms with E-state index in [1.54, 1.807) is 12.1 Å². The zero-order valence-electron chi connectivity index (χ0n) is 11.4. The Morgan fingerprint density at radius 2 is 2.11 bits per heavy atom. The van der Waals surface area contributed by atoms with Crippen molar-refractivity contribution in [3.05, 3.63) is 35.9 Å². The van der Waals surface area contributed by atoms with E-state index in [-0.39, 0.29) is 18.1 Å². The van der Waals surface area contributed by atoms with E-state index in [0.717, 1.165) is 6.42 Å². The van der Waals surface area contributed by atoms with Gasteiger partial charge in [0.25, 0.3) is 0 Å². The van der Waals surface area contributed by atoms with Gasteiger partial charge in [-0.2, -0.15) is 0 Å². The van der Waals surface area contributed by atoms with Gasteiger partial charge in [0, 0.05) is 6.00 Å². The molecule has 1 aliphatic heterocycles. The second-order valence-electron chi connectivity index (χ2n) is 5.07. The van der Waals surface area contributed by atoms with Crippen LogP contribution in [0.2, 0.25) is 0 Å². The lowest BCUT2D eigenvalue weighted by atomic mass is 9.85. The van der Waals surface area contributed by atoms with Crippen molar-refractivity contribution in [3.63, 3.8) is 0 Å². The number of hydrogen-bond acceptors (Lipinski definition) is 3. The van der Waals surface area contributed by atoms with Crippen molar-refractivity contribution in [2.45, 2.75) is 43.4 Å². The van der Waals surface area contributed by atoms with E-state index in [2.05, 4.69) is 0 Å². The Hall–Kier alpha value is -0.995. The quantitative estimate of drug-likeness (QED) is 0.482. The third-order valence-electron chi connectivity index (χ3n) is 3.71. The van der Waals surface area contributed by atoms with Gasteiger partial charge in [0.05, 0.1) is 16.5 Å². The van der Waals surface area contributed by atoms with Crippen LogP contribution in [0.15, 0.2) is 30.3 Å². The third-order valence-corrected chi connectivity index (χ3v) is 4.24. The highest BCUT2D eigenvalue weighted by Gasteiger charge is 2.52. The van der Waals surface area contributed by atoms with Crippen LogP contribution in [-0.4, -0.2) is 36.9 Å². The van der Waals surface area contributed by atoms with E-state index < -0.39 is 11.0 Å². The van der Waals surface area contributed by atoms with E-state index in [9.17, 15) is 4.79 Å². The molecular weight excluding hydrogens is 262 g/mol. The van der Waals surface area contributed by atoms with Gasteiger partial charge in [-0.1, -0.05) is 25.1 Å². The van der Waals surface area contributed by atoms with Crippen molar-refractivity contribution >= 4 is 25.4 Å². The molecule has 0 aliphatic carbocycles. The van der Waals surface area contributed by atoms with Gasteiger partial charge in [-0.15, -0.1) is 11.6 Å². The molecule has 0 bridgehead atoms. The Morgan fingerprint density at radius 3 is 2.68 bits per heavy atom. The summed E-state index contributed by atoms with van der Waals surface area (Å²) in [5, 5.41) is 0. The minimum absolute atomic E-state index is 0.146. The average Bonchev–Trinajstić information content (AvgIpc) is 2.63. The smallest absolute Gasteiger partial charge is 0.338 e. The van der Waals surface area contributed by atoms with Crippen molar-refractivity contribution in [1.82, 2.24) is 0 Å². The first-order chi connectivity index (χ1) is 8.96. The zero-order chi connectivity index (χ0) is 14.0. The molecule has 0 amide bonds. The summed E-state index contributed by atoms with van der Waals surface area (Å²) >= 11 is 6.49. The SMILES string of the molecule is B[C@@H]1O[C@H](CC)[C@@H](OC(=O)c2ccccc2)[C@@]1(C)Cl.